The van der Waals surface area contributed by atoms with Gasteiger partial charge in [-0.1, -0.05) is 17.7 Å². The Bertz CT molecular complexity index is 718. The molecule has 1 heterocycles. The van der Waals surface area contributed by atoms with Crippen LogP contribution in [0.15, 0.2) is 22.6 Å². The first-order valence-electron chi connectivity index (χ1n) is 7.78. The lowest BCUT2D eigenvalue weighted by molar-refractivity contribution is 0.0513. The number of rotatable bonds is 4. The maximum absolute atomic E-state index is 12.5. The quantitative estimate of drug-likeness (QED) is 0.908. The number of benzene rings is 1. The van der Waals surface area contributed by atoms with E-state index < -0.39 is 5.60 Å². The molecule has 0 saturated carbocycles. The number of carbonyl (C=O) groups excluding carboxylic acids is 1. The summed E-state index contributed by atoms with van der Waals surface area (Å²) in [6.07, 6.45) is 0. The van der Waals surface area contributed by atoms with Gasteiger partial charge < -0.3 is 14.8 Å². The SMILES string of the molecule is Cc1cc(C)c(C(=O)NCC(C)(O)c2cc(C)oc2C)c(C)c1. The second kappa shape index (κ2) is 6.20. The van der Waals surface area contributed by atoms with Crippen LogP contribution in [0.3, 0.4) is 0 Å². The molecule has 0 aliphatic carbocycles. The molecule has 4 heteroatoms. The van der Waals surface area contributed by atoms with Crippen molar-refractivity contribution in [2.75, 3.05) is 6.54 Å². The number of hydrogen-bond acceptors (Lipinski definition) is 3. The highest BCUT2D eigenvalue weighted by Crippen LogP contribution is 2.26. The Kier molecular flexibility index (Phi) is 4.66. The van der Waals surface area contributed by atoms with Crippen LogP contribution in [0, 0.1) is 34.6 Å². The monoisotopic (exact) mass is 315 g/mol. The third kappa shape index (κ3) is 3.64. The topological polar surface area (TPSA) is 62.5 Å². The molecule has 1 aromatic carbocycles. The Balaban J connectivity index is 2.17. The molecule has 23 heavy (non-hydrogen) atoms. The number of carbonyl (C=O) groups is 1. The Hall–Kier alpha value is -2.07. The molecule has 0 fully saturated rings. The van der Waals surface area contributed by atoms with E-state index in [0.717, 1.165) is 22.5 Å². The lowest BCUT2D eigenvalue weighted by Gasteiger charge is -2.24. The van der Waals surface area contributed by atoms with Crippen molar-refractivity contribution in [3.8, 4) is 0 Å². The lowest BCUT2D eigenvalue weighted by Crippen LogP contribution is -2.39. The number of amides is 1. The highest BCUT2D eigenvalue weighted by molar-refractivity contribution is 5.97. The fraction of sp³-hybridized carbons (Fsp3) is 0.421. The van der Waals surface area contributed by atoms with Gasteiger partial charge in [0.1, 0.15) is 17.1 Å². The fourth-order valence-electron chi connectivity index (χ4n) is 3.14. The smallest absolute Gasteiger partial charge is 0.251 e. The first-order valence-corrected chi connectivity index (χ1v) is 7.78. The molecule has 1 atom stereocenters. The molecule has 0 spiro atoms. The number of aliphatic hydroxyl groups is 1. The minimum Gasteiger partial charge on any atom is -0.466 e. The van der Waals surface area contributed by atoms with Crippen LogP contribution in [0.5, 0.6) is 0 Å². The summed E-state index contributed by atoms with van der Waals surface area (Å²) < 4.78 is 5.47. The van der Waals surface area contributed by atoms with Gasteiger partial charge in [0.05, 0.1) is 6.54 Å². The van der Waals surface area contributed by atoms with Gasteiger partial charge in [0.15, 0.2) is 0 Å². The summed E-state index contributed by atoms with van der Waals surface area (Å²) in [4.78, 5) is 12.5. The van der Waals surface area contributed by atoms with Gasteiger partial charge in [0, 0.05) is 11.1 Å². The number of nitrogens with one attached hydrogen (secondary N) is 1. The fourth-order valence-corrected chi connectivity index (χ4v) is 3.14. The van der Waals surface area contributed by atoms with E-state index in [4.69, 9.17) is 4.42 Å². The van der Waals surface area contributed by atoms with E-state index in [1.54, 1.807) is 6.92 Å². The van der Waals surface area contributed by atoms with Gasteiger partial charge in [0.2, 0.25) is 0 Å². The molecule has 0 aliphatic heterocycles. The van der Waals surface area contributed by atoms with Crippen LogP contribution in [0.25, 0.3) is 0 Å². The van der Waals surface area contributed by atoms with Crippen molar-refractivity contribution >= 4 is 5.91 Å². The average Bonchev–Trinajstić information content (AvgIpc) is 2.75. The zero-order valence-corrected chi connectivity index (χ0v) is 14.7. The Morgan fingerprint density at radius 1 is 1.13 bits per heavy atom. The summed E-state index contributed by atoms with van der Waals surface area (Å²) in [5.74, 6) is 1.25. The maximum Gasteiger partial charge on any atom is 0.251 e. The zero-order valence-electron chi connectivity index (χ0n) is 14.7. The zero-order chi connectivity index (χ0) is 17.4. The minimum atomic E-state index is -1.18. The first kappa shape index (κ1) is 17.3. The van der Waals surface area contributed by atoms with Gasteiger partial charge in [-0.2, -0.15) is 0 Å². The summed E-state index contributed by atoms with van der Waals surface area (Å²) in [6, 6.07) is 5.79. The molecule has 2 rings (SSSR count). The van der Waals surface area contributed by atoms with Crippen LogP contribution in [-0.4, -0.2) is 17.6 Å². The first-order chi connectivity index (χ1) is 10.6. The summed E-state index contributed by atoms with van der Waals surface area (Å²) >= 11 is 0. The second-order valence-electron chi connectivity index (χ2n) is 6.56. The number of hydrogen-bond donors (Lipinski definition) is 2. The summed E-state index contributed by atoms with van der Waals surface area (Å²) in [6.45, 7) is 11.3. The molecule has 124 valence electrons. The largest absolute Gasteiger partial charge is 0.466 e. The van der Waals surface area contributed by atoms with E-state index in [9.17, 15) is 9.90 Å². The third-order valence-electron chi connectivity index (χ3n) is 4.12. The van der Waals surface area contributed by atoms with Gasteiger partial charge in [-0.15, -0.1) is 0 Å². The van der Waals surface area contributed by atoms with Crippen LogP contribution < -0.4 is 5.32 Å². The maximum atomic E-state index is 12.5. The van der Waals surface area contributed by atoms with Crippen molar-refractivity contribution < 1.29 is 14.3 Å². The predicted molar refractivity (Wildman–Crippen MR) is 90.7 cm³/mol. The summed E-state index contributed by atoms with van der Waals surface area (Å²) in [5.41, 5.74) is 3.21. The molecule has 0 saturated heterocycles. The molecular formula is C19H25NO3. The van der Waals surface area contributed by atoms with E-state index in [1.165, 1.54) is 0 Å². The van der Waals surface area contributed by atoms with Crippen LogP contribution in [0.4, 0.5) is 0 Å². The number of furan rings is 1. The number of aryl methyl sites for hydroxylation is 5. The third-order valence-corrected chi connectivity index (χ3v) is 4.12. The molecule has 2 aromatic rings. The molecule has 4 nitrogen and oxygen atoms in total. The van der Waals surface area contributed by atoms with E-state index in [2.05, 4.69) is 5.32 Å². The predicted octanol–water partition coefficient (Wildman–Crippen LogP) is 3.46. The Labute approximate surface area is 137 Å². The molecule has 0 aliphatic rings. The summed E-state index contributed by atoms with van der Waals surface area (Å²) in [7, 11) is 0. The van der Waals surface area contributed by atoms with Gasteiger partial charge in [-0.05, 0) is 58.7 Å². The van der Waals surface area contributed by atoms with E-state index in [0.29, 0.717) is 16.9 Å². The van der Waals surface area contributed by atoms with Crippen molar-refractivity contribution in [1.82, 2.24) is 5.32 Å². The van der Waals surface area contributed by atoms with Gasteiger partial charge in [-0.25, -0.2) is 0 Å². The Morgan fingerprint density at radius 2 is 1.70 bits per heavy atom. The lowest BCUT2D eigenvalue weighted by atomic mass is 9.95. The average molecular weight is 315 g/mol. The molecular weight excluding hydrogens is 290 g/mol. The van der Waals surface area contributed by atoms with Gasteiger partial charge >= 0.3 is 0 Å². The second-order valence-corrected chi connectivity index (χ2v) is 6.56. The van der Waals surface area contributed by atoms with E-state index in [-0.39, 0.29) is 12.5 Å². The van der Waals surface area contributed by atoms with Crippen molar-refractivity contribution in [2.24, 2.45) is 0 Å². The van der Waals surface area contributed by atoms with E-state index in [1.807, 2.05) is 52.8 Å². The van der Waals surface area contributed by atoms with Crippen LogP contribution in [0.1, 0.15) is 51.1 Å². The van der Waals surface area contributed by atoms with Crippen LogP contribution >= 0.6 is 0 Å². The molecule has 2 N–H and O–H groups in total. The highest BCUT2D eigenvalue weighted by Gasteiger charge is 2.28. The van der Waals surface area contributed by atoms with Crippen molar-refractivity contribution in [3.63, 3.8) is 0 Å². The van der Waals surface area contributed by atoms with Crippen LogP contribution in [0.2, 0.25) is 0 Å². The molecule has 0 bridgehead atoms. The van der Waals surface area contributed by atoms with Crippen molar-refractivity contribution in [3.05, 3.63) is 57.5 Å². The molecule has 0 radical (unpaired) electrons. The van der Waals surface area contributed by atoms with Crippen molar-refractivity contribution in [1.29, 1.82) is 0 Å². The van der Waals surface area contributed by atoms with E-state index >= 15 is 0 Å². The molecule has 1 aromatic heterocycles. The standard InChI is InChI=1S/C19H25NO3/c1-11-7-12(2)17(13(3)8-11)18(21)20-10-19(6,22)16-9-14(4)23-15(16)5/h7-9,22H,10H2,1-6H3,(H,20,21). The van der Waals surface area contributed by atoms with Crippen LogP contribution in [-0.2, 0) is 5.60 Å². The minimum absolute atomic E-state index is 0.123. The molecule has 1 unspecified atom stereocenters. The van der Waals surface area contributed by atoms with Gasteiger partial charge in [0.25, 0.3) is 5.91 Å². The Morgan fingerprint density at radius 3 is 2.17 bits per heavy atom. The molecule has 1 amide bonds. The van der Waals surface area contributed by atoms with Gasteiger partial charge in [-0.3, -0.25) is 4.79 Å². The normalized spacial score (nSPS) is 13.7. The summed E-state index contributed by atoms with van der Waals surface area (Å²) in [5, 5.41) is 13.5. The van der Waals surface area contributed by atoms with Crippen molar-refractivity contribution in [2.45, 2.75) is 47.1 Å². The highest BCUT2D eigenvalue weighted by atomic mass is 16.3.